The minimum absolute atomic E-state index is 0.195. The Bertz CT molecular complexity index is 650. The van der Waals surface area contributed by atoms with Crippen molar-refractivity contribution in [3.63, 3.8) is 0 Å². The molecule has 0 aliphatic heterocycles. The molecule has 0 amide bonds. The molecule has 114 valence electrons. The molecular weight excluding hydrogens is 344 g/mol. The van der Waals surface area contributed by atoms with Gasteiger partial charge in [0.15, 0.2) is 0 Å². The molecule has 22 heavy (non-hydrogen) atoms. The van der Waals surface area contributed by atoms with Gasteiger partial charge in [-0.05, 0) is 37.3 Å². The first kappa shape index (κ1) is 16.2. The molecule has 2 rings (SSSR count). The van der Waals surface area contributed by atoms with Crippen LogP contribution in [0.2, 0.25) is 0 Å². The smallest absolute Gasteiger partial charge is 0.124 e. The molecule has 2 N–H and O–H groups in total. The summed E-state index contributed by atoms with van der Waals surface area (Å²) in [5.74, 6) is 0.414. The van der Waals surface area contributed by atoms with Gasteiger partial charge in [0.1, 0.15) is 11.5 Å². The number of aryl methyl sites for hydroxylation is 1. The van der Waals surface area contributed by atoms with Crippen molar-refractivity contribution < 1.29 is 10.2 Å². The summed E-state index contributed by atoms with van der Waals surface area (Å²) in [5, 5.41) is 19.4. The van der Waals surface area contributed by atoms with E-state index in [1.54, 1.807) is 36.7 Å². The van der Waals surface area contributed by atoms with Crippen LogP contribution in [0, 0.1) is 6.92 Å². The predicted molar refractivity (Wildman–Crippen MR) is 93.6 cm³/mol. The highest BCUT2D eigenvalue weighted by atomic mass is 79.9. The molecule has 0 saturated carbocycles. The predicted octanol–water partition coefficient (Wildman–Crippen LogP) is 3.71. The first-order valence-corrected chi connectivity index (χ1v) is 7.63. The second kappa shape index (κ2) is 7.75. The van der Waals surface area contributed by atoms with E-state index in [2.05, 4.69) is 25.9 Å². The molecule has 0 spiro atoms. The number of benzene rings is 2. The van der Waals surface area contributed by atoms with Crippen LogP contribution in [0.3, 0.4) is 0 Å². The highest BCUT2D eigenvalue weighted by Gasteiger charge is 1.98. The molecule has 5 heteroatoms. The third-order valence-corrected chi connectivity index (χ3v) is 3.48. The minimum Gasteiger partial charge on any atom is -0.507 e. The van der Waals surface area contributed by atoms with Crippen molar-refractivity contribution in [3.8, 4) is 11.5 Å². The molecule has 0 bridgehead atoms. The maximum atomic E-state index is 9.69. The highest BCUT2D eigenvalue weighted by molar-refractivity contribution is 9.10. The van der Waals surface area contributed by atoms with Crippen molar-refractivity contribution in [2.45, 2.75) is 6.92 Å². The van der Waals surface area contributed by atoms with E-state index in [1.807, 2.05) is 19.1 Å². The van der Waals surface area contributed by atoms with E-state index in [1.165, 1.54) is 0 Å². The number of halogens is 1. The lowest BCUT2D eigenvalue weighted by molar-refractivity contribution is 0.473. The lowest BCUT2D eigenvalue weighted by atomic mass is 10.1. The lowest BCUT2D eigenvalue weighted by Gasteiger charge is -2.00. The summed E-state index contributed by atoms with van der Waals surface area (Å²) >= 11 is 3.35. The average Bonchev–Trinajstić information content (AvgIpc) is 2.49. The van der Waals surface area contributed by atoms with Gasteiger partial charge in [0, 0.05) is 28.0 Å². The molecule has 0 aliphatic carbocycles. The van der Waals surface area contributed by atoms with Crippen molar-refractivity contribution in [2.24, 2.45) is 9.98 Å². The van der Waals surface area contributed by atoms with Gasteiger partial charge in [0.05, 0.1) is 13.1 Å². The average molecular weight is 361 g/mol. The van der Waals surface area contributed by atoms with Crippen LogP contribution in [-0.2, 0) is 0 Å². The first-order chi connectivity index (χ1) is 10.6. The highest BCUT2D eigenvalue weighted by Crippen LogP contribution is 2.20. The van der Waals surface area contributed by atoms with Gasteiger partial charge in [-0.15, -0.1) is 0 Å². The van der Waals surface area contributed by atoms with Crippen molar-refractivity contribution in [1.82, 2.24) is 0 Å². The summed E-state index contributed by atoms with van der Waals surface area (Å²) < 4.78 is 0.889. The molecule has 0 saturated heterocycles. The van der Waals surface area contributed by atoms with Gasteiger partial charge in [-0.25, -0.2) is 0 Å². The number of aromatic hydroxyl groups is 2. The first-order valence-electron chi connectivity index (χ1n) is 6.84. The van der Waals surface area contributed by atoms with E-state index in [9.17, 15) is 10.2 Å². The SMILES string of the molecule is Cc1ccc(O)c(C=NCCN=Cc2cc(Br)ccc2O)c1. The number of aliphatic imine (C=N–C) groups is 2. The molecule has 0 aromatic heterocycles. The molecule has 0 unspecified atom stereocenters. The van der Waals surface area contributed by atoms with E-state index >= 15 is 0 Å². The summed E-state index contributed by atoms with van der Waals surface area (Å²) in [6, 6.07) is 10.6. The van der Waals surface area contributed by atoms with E-state index in [4.69, 9.17) is 0 Å². The second-order valence-corrected chi connectivity index (χ2v) is 5.75. The summed E-state index contributed by atoms with van der Waals surface area (Å²) in [5.41, 5.74) is 2.44. The minimum atomic E-state index is 0.195. The normalized spacial score (nSPS) is 11.5. The molecular formula is C17H17BrN2O2. The van der Waals surface area contributed by atoms with Crippen LogP contribution in [0.5, 0.6) is 11.5 Å². The zero-order chi connectivity index (χ0) is 15.9. The van der Waals surface area contributed by atoms with Gasteiger partial charge in [0.25, 0.3) is 0 Å². The number of phenols is 2. The molecule has 0 heterocycles. The van der Waals surface area contributed by atoms with Gasteiger partial charge in [-0.2, -0.15) is 0 Å². The van der Waals surface area contributed by atoms with Crippen molar-refractivity contribution in [1.29, 1.82) is 0 Å². The van der Waals surface area contributed by atoms with E-state index in [0.717, 1.165) is 10.0 Å². The number of rotatable bonds is 5. The van der Waals surface area contributed by atoms with Gasteiger partial charge in [-0.1, -0.05) is 27.6 Å². The van der Waals surface area contributed by atoms with Gasteiger partial charge in [0.2, 0.25) is 0 Å². The Morgan fingerprint density at radius 2 is 1.45 bits per heavy atom. The zero-order valence-corrected chi connectivity index (χ0v) is 13.8. The summed E-state index contributed by atoms with van der Waals surface area (Å²) in [4.78, 5) is 8.48. The summed E-state index contributed by atoms with van der Waals surface area (Å²) in [7, 11) is 0. The molecule has 0 aliphatic rings. The third-order valence-electron chi connectivity index (χ3n) is 2.99. The van der Waals surface area contributed by atoms with Crippen LogP contribution in [0.25, 0.3) is 0 Å². The van der Waals surface area contributed by atoms with Crippen LogP contribution < -0.4 is 0 Å². The maximum Gasteiger partial charge on any atom is 0.124 e. The molecule has 4 nitrogen and oxygen atoms in total. The van der Waals surface area contributed by atoms with Crippen LogP contribution in [0.4, 0.5) is 0 Å². The number of nitrogens with zero attached hydrogens (tertiary/aromatic N) is 2. The Morgan fingerprint density at radius 1 is 0.909 bits per heavy atom. The fourth-order valence-corrected chi connectivity index (χ4v) is 2.23. The molecule has 0 atom stereocenters. The number of phenolic OH excluding ortho intramolecular Hbond substituents is 2. The fourth-order valence-electron chi connectivity index (χ4n) is 1.85. The maximum absolute atomic E-state index is 9.69. The zero-order valence-electron chi connectivity index (χ0n) is 12.2. The Hall–Kier alpha value is -2.14. The second-order valence-electron chi connectivity index (χ2n) is 4.84. The van der Waals surface area contributed by atoms with Crippen molar-refractivity contribution >= 4 is 28.4 Å². The van der Waals surface area contributed by atoms with Crippen LogP contribution in [0.1, 0.15) is 16.7 Å². The molecule has 0 fully saturated rings. The van der Waals surface area contributed by atoms with Crippen LogP contribution in [-0.4, -0.2) is 35.7 Å². The van der Waals surface area contributed by atoms with Gasteiger partial charge in [-0.3, -0.25) is 9.98 Å². The van der Waals surface area contributed by atoms with Crippen LogP contribution >= 0.6 is 15.9 Å². The number of hydrogen-bond acceptors (Lipinski definition) is 4. The van der Waals surface area contributed by atoms with Crippen molar-refractivity contribution in [3.05, 3.63) is 57.6 Å². The Balaban J connectivity index is 1.89. The van der Waals surface area contributed by atoms with E-state index in [0.29, 0.717) is 24.2 Å². The summed E-state index contributed by atoms with van der Waals surface area (Å²) in [6.07, 6.45) is 3.27. The van der Waals surface area contributed by atoms with Gasteiger partial charge < -0.3 is 10.2 Å². The quantitative estimate of drug-likeness (QED) is 0.630. The lowest BCUT2D eigenvalue weighted by Crippen LogP contribution is -1.91. The van der Waals surface area contributed by atoms with Gasteiger partial charge >= 0.3 is 0 Å². The third kappa shape index (κ3) is 4.70. The summed E-state index contributed by atoms with van der Waals surface area (Å²) in [6.45, 7) is 2.99. The molecule has 0 radical (unpaired) electrons. The molecule has 2 aromatic rings. The van der Waals surface area contributed by atoms with Crippen molar-refractivity contribution in [2.75, 3.05) is 13.1 Å². The van der Waals surface area contributed by atoms with E-state index in [-0.39, 0.29) is 11.5 Å². The topological polar surface area (TPSA) is 65.2 Å². The Morgan fingerprint density at radius 3 is 2.09 bits per heavy atom. The standard InChI is InChI=1S/C17H17BrN2O2/c1-12-2-4-16(21)13(8-12)10-19-6-7-20-11-14-9-15(18)3-5-17(14)22/h2-5,8-11,21-22H,6-7H2,1H3. The Kier molecular flexibility index (Phi) is 5.72. The largest absolute Gasteiger partial charge is 0.507 e. The fraction of sp³-hybridized carbons (Fsp3) is 0.176. The number of hydrogen-bond donors (Lipinski definition) is 2. The Labute approximate surface area is 138 Å². The monoisotopic (exact) mass is 360 g/mol. The van der Waals surface area contributed by atoms with Crippen LogP contribution in [0.15, 0.2) is 50.9 Å². The molecule has 2 aromatic carbocycles. The van der Waals surface area contributed by atoms with E-state index < -0.39 is 0 Å².